The van der Waals surface area contributed by atoms with Gasteiger partial charge in [0.05, 0.1) is 13.0 Å². The van der Waals surface area contributed by atoms with E-state index in [2.05, 4.69) is 5.32 Å². The molecule has 0 spiro atoms. The Morgan fingerprint density at radius 2 is 2.19 bits per heavy atom. The van der Waals surface area contributed by atoms with Crippen molar-refractivity contribution < 1.29 is 14.3 Å². The van der Waals surface area contributed by atoms with Crippen LogP contribution in [0.1, 0.15) is 33.9 Å². The Labute approximate surface area is 124 Å². The number of ether oxygens (including phenoxy) is 1. The number of carbonyl (C=O) groups excluding carboxylic acids is 2. The summed E-state index contributed by atoms with van der Waals surface area (Å²) in [4.78, 5) is 25.2. The van der Waals surface area contributed by atoms with Crippen molar-refractivity contribution in [2.75, 3.05) is 27.3 Å². The molecule has 5 heteroatoms. The number of fused-ring (bicyclic) bond motifs is 1. The van der Waals surface area contributed by atoms with E-state index in [4.69, 9.17) is 4.74 Å². The second-order valence-corrected chi connectivity index (χ2v) is 5.74. The van der Waals surface area contributed by atoms with Crippen LogP contribution in [-0.4, -0.2) is 44.0 Å². The zero-order chi connectivity index (χ0) is 15.0. The normalized spacial score (nSPS) is 23.3. The summed E-state index contributed by atoms with van der Waals surface area (Å²) in [6, 6.07) is 6.03. The second kappa shape index (κ2) is 5.58. The fourth-order valence-electron chi connectivity index (χ4n) is 3.21. The maximum Gasteiger partial charge on any atom is 0.260 e. The first kappa shape index (κ1) is 14.2. The Morgan fingerprint density at radius 3 is 2.86 bits per heavy atom. The fourth-order valence-corrected chi connectivity index (χ4v) is 3.21. The van der Waals surface area contributed by atoms with Gasteiger partial charge in [0.2, 0.25) is 5.91 Å². The summed E-state index contributed by atoms with van der Waals surface area (Å²) in [5.74, 6) is 0.0707. The van der Waals surface area contributed by atoms with E-state index >= 15 is 0 Å². The number of nitrogens with one attached hydrogen (secondary N) is 1. The molecule has 1 aromatic carbocycles. The number of rotatable bonds is 3. The molecule has 112 valence electrons. The highest BCUT2D eigenvalue weighted by molar-refractivity contribution is 6.09. The van der Waals surface area contributed by atoms with Crippen LogP contribution >= 0.6 is 0 Å². The Balaban J connectivity index is 1.95. The third kappa shape index (κ3) is 2.47. The monoisotopic (exact) mass is 288 g/mol. The molecule has 1 saturated heterocycles. The summed E-state index contributed by atoms with van der Waals surface area (Å²) in [5.41, 5.74) is 2.56. The molecule has 2 heterocycles. The summed E-state index contributed by atoms with van der Waals surface area (Å²) < 4.78 is 5.47. The summed E-state index contributed by atoms with van der Waals surface area (Å²) in [6.45, 7) is 1.54. The van der Waals surface area contributed by atoms with E-state index in [0.29, 0.717) is 17.9 Å². The Bertz CT molecular complexity index is 579. The Hall–Kier alpha value is -1.72. The summed E-state index contributed by atoms with van der Waals surface area (Å²) in [5, 5.41) is 3.33. The third-order valence-electron chi connectivity index (χ3n) is 4.49. The van der Waals surface area contributed by atoms with E-state index in [1.165, 1.54) is 4.90 Å². The molecule has 5 nitrogen and oxygen atoms in total. The number of carbonyl (C=O) groups is 2. The zero-order valence-corrected chi connectivity index (χ0v) is 12.4. The van der Waals surface area contributed by atoms with Gasteiger partial charge in [-0.15, -0.1) is 0 Å². The molecular weight excluding hydrogens is 268 g/mol. The fraction of sp³-hybridized carbons (Fsp3) is 0.500. The van der Waals surface area contributed by atoms with Gasteiger partial charge in [0.25, 0.3) is 5.91 Å². The van der Waals surface area contributed by atoms with Gasteiger partial charge < -0.3 is 10.1 Å². The SMILES string of the molecule is CNC(c1ccc2c(c1)C(=O)N(C)C(=O)C2)C1CCOC1. The van der Waals surface area contributed by atoms with Gasteiger partial charge in [-0.05, 0) is 30.7 Å². The van der Waals surface area contributed by atoms with Crippen molar-refractivity contribution in [1.82, 2.24) is 10.2 Å². The summed E-state index contributed by atoms with van der Waals surface area (Å²) in [6.07, 6.45) is 1.32. The van der Waals surface area contributed by atoms with Crippen LogP contribution in [0.5, 0.6) is 0 Å². The highest BCUT2D eigenvalue weighted by Gasteiger charge is 2.31. The molecule has 2 aliphatic heterocycles. The summed E-state index contributed by atoms with van der Waals surface area (Å²) in [7, 11) is 3.47. The second-order valence-electron chi connectivity index (χ2n) is 5.74. The first-order valence-corrected chi connectivity index (χ1v) is 7.30. The van der Waals surface area contributed by atoms with E-state index < -0.39 is 0 Å². The molecule has 0 radical (unpaired) electrons. The van der Waals surface area contributed by atoms with Crippen LogP contribution < -0.4 is 5.32 Å². The topological polar surface area (TPSA) is 58.6 Å². The third-order valence-corrected chi connectivity index (χ3v) is 4.49. The highest BCUT2D eigenvalue weighted by atomic mass is 16.5. The summed E-state index contributed by atoms with van der Waals surface area (Å²) >= 11 is 0. The minimum absolute atomic E-state index is 0.144. The molecule has 3 rings (SSSR count). The standard InChI is InChI=1S/C16H20N2O3/c1-17-15(12-5-6-21-9-12)11-4-3-10-8-14(19)18(2)16(20)13(10)7-11/h3-4,7,12,15,17H,5-6,8-9H2,1-2H3. The molecule has 0 aromatic heterocycles. The van der Waals surface area contributed by atoms with Gasteiger partial charge >= 0.3 is 0 Å². The van der Waals surface area contributed by atoms with Crippen molar-refractivity contribution >= 4 is 11.8 Å². The number of imide groups is 1. The van der Waals surface area contributed by atoms with Crippen LogP contribution in [0.2, 0.25) is 0 Å². The minimum atomic E-state index is -0.208. The Kier molecular flexibility index (Phi) is 3.78. The van der Waals surface area contributed by atoms with Gasteiger partial charge in [-0.25, -0.2) is 0 Å². The lowest BCUT2D eigenvalue weighted by Gasteiger charge is -2.27. The molecule has 0 bridgehead atoms. The molecule has 0 saturated carbocycles. The number of hydrogen-bond donors (Lipinski definition) is 1. The van der Waals surface area contributed by atoms with Crippen molar-refractivity contribution in [3.05, 3.63) is 34.9 Å². The van der Waals surface area contributed by atoms with Crippen molar-refractivity contribution in [3.8, 4) is 0 Å². The van der Waals surface area contributed by atoms with E-state index in [-0.39, 0.29) is 17.9 Å². The number of amides is 2. The maximum atomic E-state index is 12.3. The molecule has 1 aromatic rings. The molecule has 21 heavy (non-hydrogen) atoms. The van der Waals surface area contributed by atoms with Crippen molar-refractivity contribution in [1.29, 1.82) is 0 Å². The van der Waals surface area contributed by atoms with E-state index in [1.807, 2.05) is 25.2 Å². The van der Waals surface area contributed by atoms with Gasteiger partial charge in [0.1, 0.15) is 0 Å². The number of likely N-dealkylation sites (N-methyl/N-ethyl adjacent to an activating group) is 1. The molecule has 2 amide bonds. The molecular formula is C16H20N2O3. The quantitative estimate of drug-likeness (QED) is 0.847. The molecule has 1 N–H and O–H groups in total. The number of benzene rings is 1. The smallest absolute Gasteiger partial charge is 0.260 e. The molecule has 2 unspecified atom stereocenters. The first-order chi connectivity index (χ1) is 10.1. The lowest BCUT2D eigenvalue weighted by atomic mass is 9.88. The van der Waals surface area contributed by atoms with Gasteiger partial charge in [0, 0.05) is 31.2 Å². The maximum absolute atomic E-state index is 12.3. The largest absolute Gasteiger partial charge is 0.381 e. The van der Waals surface area contributed by atoms with Crippen LogP contribution in [0.3, 0.4) is 0 Å². The van der Waals surface area contributed by atoms with Crippen LogP contribution in [0.15, 0.2) is 18.2 Å². The van der Waals surface area contributed by atoms with Gasteiger partial charge in [0.15, 0.2) is 0 Å². The predicted octanol–water partition coefficient (Wildman–Crippen LogP) is 1.14. The average molecular weight is 288 g/mol. The van der Waals surface area contributed by atoms with Crippen LogP contribution in [-0.2, 0) is 16.0 Å². The number of nitrogens with zero attached hydrogens (tertiary/aromatic N) is 1. The zero-order valence-electron chi connectivity index (χ0n) is 12.4. The average Bonchev–Trinajstić information content (AvgIpc) is 3.00. The molecule has 1 fully saturated rings. The van der Waals surface area contributed by atoms with Gasteiger partial charge in [-0.3, -0.25) is 14.5 Å². The lowest BCUT2D eigenvalue weighted by Crippen LogP contribution is -2.39. The lowest BCUT2D eigenvalue weighted by molar-refractivity contribution is -0.127. The van der Waals surface area contributed by atoms with E-state index in [0.717, 1.165) is 30.8 Å². The van der Waals surface area contributed by atoms with E-state index in [1.54, 1.807) is 7.05 Å². The van der Waals surface area contributed by atoms with Crippen LogP contribution in [0, 0.1) is 5.92 Å². The predicted molar refractivity (Wildman–Crippen MR) is 78.0 cm³/mol. The van der Waals surface area contributed by atoms with Gasteiger partial charge in [-0.2, -0.15) is 0 Å². The van der Waals surface area contributed by atoms with Crippen molar-refractivity contribution in [2.45, 2.75) is 18.9 Å². The molecule has 2 atom stereocenters. The highest BCUT2D eigenvalue weighted by Crippen LogP contribution is 2.31. The first-order valence-electron chi connectivity index (χ1n) is 7.30. The van der Waals surface area contributed by atoms with Crippen molar-refractivity contribution in [3.63, 3.8) is 0 Å². The van der Waals surface area contributed by atoms with Crippen LogP contribution in [0.4, 0.5) is 0 Å². The molecule has 2 aliphatic rings. The Morgan fingerprint density at radius 1 is 1.38 bits per heavy atom. The molecule has 0 aliphatic carbocycles. The van der Waals surface area contributed by atoms with Crippen LogP contribution in [0.25, 0.3) is 0 Å². The van der Waals surface area contributed by atoms with E-state index in [9.17, 15) is 9.59 Å². The number of hydrogen-bond acceptors (Lipinski definition) is 4. The minimum Gasteiger partial charge on any atom is -0.381 e. The van der Waals surface area contributed by atoms with Gasteiger partial charge in [-0.1, -0.05) is 12.1 Å². The van der Waals surface area contributed by atoms with Crippen molar-refractivity contribution in [2.24, 2.45) is 5.92 Å².